The van der Waals surface area contributed by atoms with Crippen molar-refractivity contribution < 1.29 is 33.4 Å². The number of ether oxygens (including phenoxy) is 3. The number of hydrogen-bond acceptors (Lipinski definition) is 7. The molecule has 0 bridgehead atoms. The van der Waals surface area contributed by atoms with Crippen LogP contribution in [-0.4, -0.2) is 44.1 Å². The number of nitrogens with one attached hydrogen (secondary N) is 2. The second-order valence-electron chi connectivity index (χ2n) is 9.49. The number of aryl methyl sites for hydroxylation is 2. The topological polar surface area (TPSA) is 123 Å². The van der Waals surface area contributed by atoms with Gasteiger partial charge in [-0.15, -0.1) is 0 Å². The molecular weight excluding hydrogens is 606 g/mol. The molecule has 0 aromatic heterocycles. The van der Waals surface area contributed by atoms with Crippen LogP contribution >= 0.6 is 15.9 Å². The van der Waals surface area contributed by atoms with E-state index in [0.29, 0.717) is 39.6 Å². The van der Waals surface area contributed by atoms with E-state index < -0.39 is 17.8 Å². The first-order valence-corrected chi connectivity index (χ1v) is 13.9. The summed E-state index contributed by atoms with van der Waals surface area (Å²) in [5, 5.41) is 5.05. The molecule has 2 N–H and O–H groups in total. The Bertz CT molecular complexity index is 1580. The summed E-state index contributed by atoms with van der Waals surface area (Å²) in [7, 11) is 1.45. The van der Waals surface area contributed by atoms with Crippen LogP contribution in [0, 0.1) is 13.8 Å². The highest BCUT2D eigenvalue weighted by Gasteiger charge is 2.37. The standard InChI is InChI=1S/C31H30BrN3O7/c1-5-12-41-26-11-9-21(16-27(26)40-4)35-30(38)22(29(37)34-31(35)39)14-20-8-10-25(23(32)15-20)42-17-28(36)33-24-13-18(2)6-7-19(24)3/h6-11,13-16H,5,12,17H2,1-4H3,(H,33,36)(H,34,37,39)/b22-14-. The molecule has 5 amide bonds. The number of halogens is 1. The predicted molar refractivity (Wildman–Crippen MR) is 162 cm³/mol. The smallest absolute Gasteiger partial charge is 0.335 e. The lowest BCUT2D eigenvalue weighted by Crippen LogP contribution is -2.54. The summed E-state index contributed by atoms with van der Waals surface area (Å²) in [4.78, 5) is 52.0. The number of benzene rings is 3. The van der Waals surface area contributed by atoms with E-state index in [1.54, 1.807) is 24.3 Å². The van der Waals surface area contributed by atoms with Gasteiger partial charge in [-0.3, -0.25) is 19.7 Å². The van der Waals surface area contributed by atoms with Gasteiger partial charge in [-0.1, -0.05) is 25.1 Å². The fourth-order valence-corrected chi connectivity index (χ4v) is 4.62. The van der Waals surface area contributed by atoms with Crippen molar-refractivity contribution in [2.24, 2.45) is 0 Å². The molecule has 0 unspecified atom stereocenters. The number of hydrogen-bond donors (Lipinski definition) is 2. The summed E-state index contributed by atoms with van der Waals surface area (Å²) in [6.07, 6.45) is 2.16. The van der Waals surface area contributed by atoms with Crippen LogP contribution in [0.5, 0.6) is 17.2 Å². The number of rotatable bonds is 10. The second-order valence-corrected chi connectivity index (χ2v) is 10.3. The summed E-state index contributed by atoms with van der Waals surface area (Å²) < 4.78 is 17.2. The molecular formula is C31H30BrN3O7. The van der Waals surface area contributed by atoms with E-state index in [1.165, 1.54) is 25.3 Å². The molecule has 1 saturated heterocycles. The lowest BCUT2D eigenvalue weighted by atomic mass is 10.1. The quantitative estimate of drug-likeness (QED) is 0.221. The van der Waals surface area contributed by atoms with Crippen LogP contribution in [0.4, 0.5) is 16.2 Å². The van der Waals surface area contributed by atoms with E-state index in [9.17, 15) is 19.2 Å². The molecule has 0 atom stereocenters. The lowest BCUT2D eigenvalue weighted by molar-refractivity contribution is -0.122. The fraction of sp³-hybridized carbons (Fsp3) is 0.226. The molecule has 1 aliphatic rings. The van der Waals surface area contributed by atoms with Gasteiger partial charge in [-0.25, -0.2) is 9.69 Å². The van der Waals surface area contributed by atoms with E-state index in [0.717, 1.165) is 22.4 Å². The normalized spacial score (nSPS) is 14.1. The Morgan fingerprint density at radius 2 is 1.74 bits per heavy atom. The van der Waals surface area contributed by atoms with Crippen molar-refractivity contribution in [3.8, 4) is 17.2 Å². The highest BCUT2D eigenvalue weighted by Crippen LogP contribution is 2.34. The molecule has 1 fully saturated rings. The van der Waals surface area contributed by atoms with Crippen molar-refractivity contribution in [1.82, 2.24) is 5.32 Å². The van der Waals surface area contributed by atoms with Crippen LogP contribution in [0.3, 0.4) is 0 Å². The Kier molecular flexibility index (Phi) is 9.64. The molecule has 1 aliphatic heterocycles. The van der Waals surface area contributed by atoms with Crippen molar-refractivity contribution in [2.45, 2.75) is 27.2 Å². The van der Waals surface area contributed by atoms with Gasteiger partial charge in [0.05, 0.1) is 23.9 Å². The maximum Gasteiger partial charge on any atom is 0.335 e. The fourth-order valence-electron chi connectivity index (χ4n) is 4.11. The zero-order chi connectivity index (χ0) is 30.4. The van der Waals surface area contributed by atoms with Crippen molar-refractivity contribution in [1.29, 1.82) is 0 Å². The Morgan fingerprint density at radius 1 is 0.976 bits per heavy atom. The van der Waals surface area contributed by atoms with Gasteiger partial charge in [0.25, 0.3) is 17.7 Å². The minimum atomic E-state index is -0.879. The van der Waals surface area contributed by atoms with Crippen LogP contribution in [0.25, 0.3) is 6.08 Å². The van der Waals surface area contributed by atoms with Crippen molar-refractivity contribution >= 4 is 57.1 Å². The molecule has 10 nitrogen and oxygen atoms in total. The highest BCUT2D eigenvalue weighted by molar-refractivity contribution is 9.10. The van der Waals surface area contributed by atoms with Crippen LogP contribution in [0.15, 0.2) is 64.6 Å². The van der Waals surface area contributed by atoms with Gasteiger partial charge in [-0.05, 0) is 89.3 Å². The van der Waals surface area contributed by atoms with Crippen LogP contribution < -0.4 is 29.7 Å². The van der Waals surface area contributed by atoms with Crippen molar-refractivity contribution in [2.75, 3.05) is 30.5 Å². The monoisotopic (exact) mass is 635 g/mol. The SMILES string of the molecule is CCCOc1ccc(N2C(=O)NC(=O)/C(=C/c3ccc(OCC(=O)Nc4cc(C)ccc4C)c(Br)c3)C2=O)cc1OC. The molecule has 11 heteroatoms. The maximum absolute atomic E-state index is 13.4. The van der Waals surface area contributed by atoms with E-state index in [1.807, 2.05) is 39.0 Å². The van der Waals surface area contributed by atoms with Crippen LogP contribution in [0.2, 0.25) is 0 Å². The zero-order valence-electron chi connectivity index (χ0n) is 23.6. The Labute approximate surface area is 251 Å². The van der Waals surface area contributed by atoms with Crippen molar-refractivity contribution in [3.05, 3.63) is 81.3 Å². The number of nitrogens with zero attached hydrogens (tertiary/aromatic N) is 1. The Balaban J connectivity index is 1.49. The number of methoxy groups -OCH3 is 1. The number of urea groups is 1. The first-order valence-electron chi connectivity index (χ1n) is 13.1. The molecule has 0 aliphatic carbocycles. The van der Waals surface area contributed by atoms with E-state index in [-0.39, 0.29) is 23.8 Å². The summed E-state index contributed by atoms with van der Waals surface area (Å²) >= 11 is 3.42. The van der Waals surface area contributed by atoms with Gasteiger partial charge >= 0.3 is 6.03 Å². The van der Waals surface area contributed by atoms with Gasteiger partial charge < -0.3 is 19.5 Å². The zero-order valence-corrected chi connectivity index (χ0v) is 25.2. The van der Waals surface area contributed by atoms with Crippen LogP contribution in [0.1, 0.15) is 30.0 Å². The number of amides is 5. The number of carbonyl (C=O) groups excluding carboxylic acids is 4. The van der Waals surface area contributed by atoms with E-state index in [4.69, 9.17) is 14.2 Å². The third-order valence-electron chi connectivity index (χ3n) is 6.26. The van der Waals surface area contributed by atoms with Crippen molar-refractivity contribution in [3.63, 3.8) is 0 Å². The average Bonchev–Trinajstić information content (AvgIpc) is 2.95. The van der Waals surface area contributed by atoms with Gasteiger partial charge in [0.2, 0.25) is 0 Å². The minimum Gasteiger partial charge on any atom is -0.493 e. The lowest BCUT2D eigenvalue weighted by Gasteiger charge is -2.27. The number of carbonyl (C=O) groups is 4. The molecule has 0 radical (unpaired) electrons. The predicted octanol–water partition coefficient (Wildman–Crippen LogP) is 5.55. The summed E-state index contributed by atoms with van der Waals surface area (Å²) in [5.74, 6) is -0.747. The average molecular weight is 636 g/mol. The van der Waals surface area contributed by atoms with Crippen LogP contribution in [-0.2, 0) is 14.4 Å². The molecule has 218 valence electrons. The molecule has 3 aromatic rings. The minimum absolute atomic E-state index is 0.209. The third-order valence-corrected chi connectivity index (χ3v) is 6.88. The first kappa shape index (κ1) is 30.3. The number of barbiturate groups is 1. The highest BCUT2D eigenvalue weighted by atomic mass is 79.9. The number of anilines is 2. The van der Waals surface area contributed by atoms with Gasteiger partial charge in [0, 0.05) is 11.8 Å². The molecule has 4 rings (SSSR count). The molecule has 3 aromatic carbocycles. The third kappa shape index (κ3) is 6.98. The number of imide groups is 2. The Morgan fingerprint density at radius 3 is 2.45 bits per heavy atom. The van der Waals surface area contributed by atoms with E-state index in [2.05, 4.69) is 26.6 Å². The largest absolute Gasteiger partial charge is 0.493 e. The summed E-state index contributed by atoms with van der Waals surface area (Å²) in [5.41, 5.74) is 3.13. The molecule has 0 spiro atoms. The second kappa shape index (κ2) is 13.3. The molecule has 42 heavy (non-hydrogen) atoms. The summed E-state index contributed by atoms with van der Waals surface area (Å²) in [6, 6.07) is 14.4. The van der Waals surface area contributed by atoms with Gasteiger partial charge in [0.1, 0.15) is 11.3 Å². The van der Waals surface area contributed by atoms with Gasteiger partial charge in [0.15, 0.2) is 18.1 Å². The summed E-state index contributed by atoms with van der Waals surface area (Å²) in [6.45, 7) is 6.06. The molecule has 0 saturated carbocycles. The first-order chi connectivity index (χ1) is 20.1. The maximum atomic E-state index is 13.4. The molecule has 1 heterocycles. The van der Waals surface area contributed by atoms with Gasteiger partial charge in [-0.2, -0.15) is 0 Å². The Hall–Kier alpha value is -4.64. The van der Waals surface area contributed by atoms with E-state index >= 15 is 0 Å².